The lowest BCUT2D eigenvalue weighted by molar-refractivity contribution is 0.00370. The van der Waals surface area contributed by atoms with Crippen LogP contribution in [0.1, 0.15) is 37.7 Å². The molecular formula is C18H20N4O. The van der Waals surface area contributed by atoms with E-state index >= 15 is 0 Å². The zero-order valence-corrected chi connectivity index (χ0v) is 13.1. The lowest BCUT2D eigenvalue weighted by Crippen LogP contribution is -2.24. The zero-order chi connectivity index (χ0) is 15.5. The van der Waals surface area contributed by atoms with Crippen molar-refractivity contribution in [3.05, 3.63) is 30.1 Å². The first-order valence-electron chi connectivity index (χ1n) is 8.36. The SMILES string of the molecule is C(#CC1CC1)c1ccc(-c2cn(C[C@H]3CCCCO3)nn2)nc1. The highest BCUT2D eigenvalue weighted by Gasteiger charge is 2.18. The number of hydrogen-bond acceptors (Lipinski definition) is 4. The van der Waals surface area contributed by atoms with Crippen molar-refractivity contribution in [2.45, 2.75) is 44.8 Å². The van der Waals surface area contributed by atoms with Gasteiger partial charge in [0.25, 0.3) is 0 Å². The Kier molecular flexibility index (Phi) is 4.08. The molecule has 0 bridgehead atoms. The van der Waals surface area contributed by atoms with Crippen molar-refractivity contribution >= 4 is 0 Å². The number of ether oxygens (including phenoxy) is 1. The average Bonchev–Trinajstić information content (AvgIpc) is 3.32. The fourth-order valence-corrected chi connectivity index (χ4v) is 2.70. The normalized spacial score (nSPS) is 20.8. The molecule has 1 aliphatic heterocycles. The molecule has 23 heavy (non-hydrogen) atoms. The summed E-state index contributed by atoms with van der Waals surface area (Å²) in [6.07, 6.45) is 9.99. The second-order valence-corrected chi connectivity index (χ2v) is 6.29. The molecular weight excluding hydrogens is 288 g/mol. The van der Waals surface area contributed by atoms with Crippen LogP contribution in [0.25, 0.3) is 11.4 Å². The second kappa shape index (κ2) is 6.51. The first-order valence-corrected chi connectivity index (χ1v) is 8.36. The highest BCUT2D eigenvalue weighted by molar-refractivity contribution is 5.53. The van der Waals surface area contributed by atoms with Crippen molar-refractivity contribution in [2.75, 3.05) is 6.61 Å². The maximum Gasteiger partial charge on any atom is 0.131 e. The van der Waals surface area contributed by atoms with Gasteiger partial charge in [0.1, 0.15) is 5.69 Å². The molecule has 2 aliphatic rings. The van der Waals surface area contributed by atoms with Crippen molar-refractivity contribution in [3.63, 3.8) is 0 Å². The van der Waals surface area contributed by atoms with E-state index < -0.39 is 0 Å². The molecule has 118 valence electrons. The van der Waals surface area contributed by atoms with Gasteiger partial charge in [0.05, 0.1) is 24.5 Å². The van der Waals surface area contributed by atoms with Crippen LogP contribution < -0.4 is 0 Å². The molecule has 0 aromatic carbocycles. The van der Waals surface area contributed by atoms with E-state index in [1.807, 2.05) is 29.2 Å². The van der Waals surface area contributed by atoms with Gasteiger partial charge in [0, 0.05) is 24.3 Å². The summed E-state index contributed by atoms with van der Waals surface area (Å²) in [5.74, 6) is 7.03. The van der Waals surface area contributed by atoms with Crippen molar-refractivity contribution in [1.82, 2.24) is 20.0 Å². The number of rotatable bonds is 3. The topological polar surface area (TPSA) is 52.8 Å². The standard InChI is InChI=1S/C18H20N4O/c1-2-10-23-16(3-1)12-22-13-18(20-21-22)17-9-8-15(11-19-17)7-6-14-4-5-14/h8-9,11,13-14,16H,1-5,10,12H2/t16-/m1/s1. The summed E-state index contributed by atoms with van der Waals surface area (Å²) in [5, 5.41) is 8.42. The van der Waals surface area contributed by atoms with Gasteiger partial charge in [0.2, 0.25) is 0 Å². The molecule has 5 heteroatoms. The molecule has 1 atom stereocenters. The summed E-state index contributed by atoms with van der Waals surface area (Å²) in [6.45, 7) is 1.62. The molecule has 1 aliphatic carbocycles. The van der Waals surface area contributed by atoms with Crippen molar-refractivity contribution < 1.29 is 4.74 Å². The summed E-state index contributed by atoms with van der Waals surface area (Å²) >= 11 is 0. The highest BCUT2D eigenvalue weighted by Crippen LogP contribution is 2.27. The predicted molar refractivity (Wildman–Crippen MR) is 86.4 cm³/mol. The molecule has 0 amide bonds. The van der Waals surface area contributed by atoms with Crippen LogP contribution in [0.3, 0.4) is 0 Å². The van der Waals surface area contributed by atoms with Gasteiger partial charge in [-0.1, -0.05) is 17.1 Å². The Morgan fingerprint density at radius 2 is 2.13 bits per heavy atom. The fraction of sp³-hybridized carbons (Fsp3) is 0.500. The predicted octanol–water partition coefficient (Wildman–Crippen LogP) is 2.67. The summed E-state index contributed by atoms with van der Waals surface area (Å²) in [4.78, 5) is 4.46. The molecule has 0 radical (unpaired) electrons. The van der Waals surface area contributed by atoms with E-state index in [-0.39, 0.29) is 6.10 Å². The van der Waals surface area contributed by atoms with Gasteiger partial charge >= 0.3 is 0 Å². The summed E-state index contributed by atoms with van der Waals surface area (Å²) in [5.41, 5.74) is 2.59. The van der Waals surface area contributed by atoms with E-state index in [2.05, 4.69) is 27.1 Å². The van der Waals surface area contributed by atoms with Crippen molar-refractivity contribution in [3.8, 4) is 23.2 Å². The van der Waals surface area contributed by atoms with Crippen LogP contribution in [0.5, 0.6) is 0 Å². The molecule has 1 saturated heterocycles. The Labute approximate surface area is 136 Å². The Morgan fingerprint density at radius 3 is 2.87 bits per heavy atom. The van der Waals surface area contributed by atoms with Gasteiger partial charge < -0.3 is 4.74 Å². The average molecular weight is 308 g/mol. The Bertz CT molecular complexity index is 715. The molecule has 0 unspecified atom stereocenters. The van der Waals surface area contributed by atoms with Gasteiger partial charge in [-0.2, -0.15) is 0 Å². The smallest absolute Gasteiger partial charge is 0.131 e. The molecule has 3 heterocycles. The van der Waals surface area contributed by atoms with Gasteiger partial charge in [-0.05, 0) is 44.2 Å². The van der Waals surface area contributed by atoms with Gasteiger partial charge in [-0.3, -0.25) is 4.98 Å². The summed E-state index contributed by atoms with van der Waals surface area (Å²) in [7, 11) is 0. The van der Waals surface area contributed by atoms with E-state index in [9.17, 15) is 0 Å². The maximum absolute atomic E-state index is 5.74. The minimum atomic E-state index is 0.256. The number of aromatic nitrogens is 4. The molecule has 1 saturated carbocycles. The minimum Gasteiger partial charge on any atom is -0.376 e. The van der Waals surface area contributed by atoms with Crippen molar-refractivity contribution in [2.24, 2.45) is 5.92 Å². The molecule has 4 rings (SSSR count). The van der Waals surface area contributed by atoms with Crippen LogP contribution in [0.4, 0.5) is 0 Å². The molecule has 2 aromatic rings. The first kappa shape index (κ1) is 14.4. The molecule has 0 spiro atoms. The van der Waals surface area contributed by atoms with Crippen LogP contribution in [-0.2, 0) is 11.3 Å². The molecule has 2 aromatic heterocycles. The van der Waals surface area contributed by atoms with Crippen LogP contribution in [0.15, 0.2) is 24.5 Å². The maximum atomic E-state index is 5.74. The van der Waals surface area contributed by atoms with E-state index in [0.29, 0.717) is 5.92 Å². The third kappa shape index (κ3) is 3.77. The minimum absolute atomic E-state index is 0.256. The molecule has 5 nitrogen and oxygen atoms in total. The van der Waals surface area contributed by atoms with Crippen LogP contribution in [0, 0.1) is 17.8 Å². The van der Waals surface area contributed by atoms with Crippen LogP contribution in [0.2, 0.25) is 0 Å². The largest absolute Gasteiger partial charge is 0.376 e. The number of hydrogen-bond donors (Lipinski definition) is 0. The number of nitrogens with zero attached hydrogens (tertiary/aromatic N) is 4. The Hall–Kier alpha value is -2.19. The zero-order valence-electron chi connectivity index (χ0n) is 13.1. The second-order valence-electron chi connectivity index (χ2n) is 6.29. The fourth-order valence-electron chi connectivity index (χ4n) is 2.70. The van der Waals surface area contributed by atoms with Crippen molar-refractivity contribution in [1.29, 1.82) is 0 Å². The van der Waals surface area contributed by atoms with Gasteiger partial charge in [0.15, 0.2) is 0 Å². The lowest BCUT2D eigenvalue weighted by atomic mass is 10.1. The number of pyridine rings is 1. The summed E-state index contributed by atoms with van der Waals surface area (Å²) < 4.78 is 7.60. The monoisotopic (exact) mass is 308 g/mol. The quantitative estimate of drug-likeness (QED) is 0.818. The lowest BCUT2D eigenvalue weighted by Gasteiger charge is -2.21. The van der Waals surface area contributed by atoms with E-state index in [1.54, 1.807) is 0 Å². The highest BCUT2D eigenvalue weighted by atomic mass is 16.5. The third-order valence-electron chi connectivity index (χ3n) is 4.23. The van der Waals surface area contributed by atoms with E-state index in [1.165, 1.54) is 25.7 Å². The van der Waals surface area contributed by atoms with Gasteiger partial charge in [-0.15, -0.1) is 5.10 Å². The summed E-state index contributed by atoms with van der Waals surface area (Å²) in [6, 6.07) is 3.96. The van der Waals surface area contributed by atoms with E-state index in [4.69, 9.17) is 4.74 Å². The molecule has 0 N–H and O–H groups in total. The Morgan fingerprint density at radius 1 is 1.17 bits per heavy atom. The Balaban J connectivity index is 1.42. The van der Waals surface area contributed by atoms with Gasteiger partial charge in [-0.25, -0.2) is 4.68 Å². The van der Waals surface area contributed by atoms with Crippen LogP contribution in [-0.4, -0.2) is 32.7 Å². The van der Waals surface area contributed by atoms with Crippen LogP contribution >= 0.6 is 0 Å². The first-order chi connectivity index (χ1) is 11.4. The van der Waals surface area contributed by atoms with E-state index in [0.717, 1.165) is 36.5 Å². The molecule has 2 fully saturated rings. The third-order valence-corrected chi connectivity index (χ3v) is 4.23.